The van der Waals surface area contributed by atoms with Crippen LogP contribution in [0.25, 0.3) is 16.7 Å². The molecule has 1 aliphatic rings. The van der Waals surface area contributed by atoms with Crippen molar-refractivity contribution >= 4 is 11.0 Å². The van der Waals surface area contributed by atoms with E-state index < -0.39 is 0 Å². The van der Waals surface area contributed by atoms with Crippen LogP contribution in [0.1, 0.15) is 19.9 Å². The normalized spacial score (nSPS) is 12.6. The summed E-state index contributed by atoms with van der Waals surface area (Å²) in [6.45, 7) is 4.39. The third kappa shape index (κ3) is 1.35. The van der Waals surface area contributed by atoms with Crippen molar-refractivity contribution in [3.8, 4) is 17.2 Å². The molecule has 0 aliphatic carbocycles. The van der Waals surface area contributed by atoms with Gasteiger partial charge in [0.1, 0.15) is 0 Å². The molecule has 0 spiro atoms. The summed E-state index contributed by atoms with van der Waals surface area (Å²) in [6.07, 6.45) is 2.17. The number of hydrogen-bond acceptors (Lipinski definition) is 1. The highest BCUT2D eigenvalue weighted by Gasteiger charge is 2.28. The second-order valence-corrected chi connectivity index (χ2v) is 5.18. The van der Waals surface area contributed by atoms with E-state index in [0.717, 1.165) is 22.7 Å². The van der Waals surface area contributed by atoms with E-state index in [1.807, 2.05) is 24.3 Å². The zero-order chi connectivity index (χ0) is 13.0. The molecule has 2 aromatic carbocycles. The van der Waals surface area contributed by atoms with Gasteiger partial charge in [-0.1, -0.05) is 18.2 Å². The van der Waals surface area contributed by atoms with Crippen LogP contribution in [-0.2, 0) is 0 Å². The van der Waals surface area contributed by atoms with Gasteiger partial charge in [0.2, 0.25) is 11.8 Å². The maximum atomic E-state index is 6.01. The van der Waals surface area contributed by atoms with E-state index in [1.54, 1.807) is 0 Å². The van der Waals surface area contributed by atoms with Crippen molar-refractivity contribution < 1.29 is 9.30 Å². The fourth-order valence-electron chi connectivity index (χ4n) is 2.74. The molecule has 0 unspecified atom stereocenters. The second-order valence-electron chi connectivity index (χ2n) is 5.18. The van der Waals surface area contributed by atoms with Crippen molar-refractivity contribution in [3.05, 3.63) is 48.8 Å². The summed E-state index contributed by atoms with van der Waals surface area (Å²) >= 11 is 0. The van der Waals surface area contributed by atoms with Crippen molar-refractivity contribution in [2.24, 2.45) is 0 Å². The molecule has 0 bridgehead atoms. The largest absolute Gasteiger partial charge is 0.448 e. The van der Waals surface area contributed by atoms with Crippen LogP contribution in [0.3, 0.4) is 0 Å². The lowest BCUT2D eigenvalue weighted by Gasteiger charge is -2.13. The van der Waals surface area contributed by atoms with Crippen molar-refractivity contribution in [1.82, 2.24) is 4.57 Å². The van der Waals surface area contributed by atoms with Crippen LogP contribution < -0.4 is 9.30 Å². The molecule has 2 heterocycles. The van der Waals surface area contributed by atoms with E-state index >= 15 is 0 Å². The molecule has 0 N–H and O–H groups in total. The summed E-state index contributed by atoms with van der Waals surface area (Å²) in [5.74, 6) is 1.84. The second kappa shape index (κ2) is 3.60. The Morgan fingerprint density at radius 3 is 2.63 bits per heavy atom. The number of rotatable bonds is 1. The van der Waals surface area contributed by atoms with E-state index in [-0.39, 0.29) is 0 Å². The topological polar surface area (TPSA) is 18.0 Å². The third-order valence-corrected chi connectivity index (χ3v) is 3.64. The van der Waals surface area contributed by atoms with Gasteiger partial charge in [0, 0.05) is 0 Å². The minimum atomic E-state index is 0.421. The number of imidazole rings is 1. The number of nitrogens with zero attached hydrogens (tertiary/aromatic N) is 2. The average molecular weight is 251 g/mol. The Hall–Kier alpha value is -2.29. The summed E-state index contributed by atoms with van der Waals surface area (Å²) in [5, 5.41) is 0. The Balaban J connectivity index is 2.15. The Morgan fingerprint density at radius 2 is 1.79 bits per heavy atom. The van der Waals surface area contributed by atoms with Gasteiger partial charge in [-0.25, -0.2) is 4.57 Å². The van der Waals surface area contributed by atoms with Gasteiger partial charge in [0.25, 0.3) is 0 Å². The van der Waals surface area contributed by atoms with Crippen molar-refractivity contribution in [2.75, 3.05) is 0 Å². The van der Waals surface area contributed by atoms with Crippen LogP contribution in [0.4, 0.5) is 0 Å². The molecule has 3 heteroatoms. The van der Waals surface area contributed by atoms with E-state index in [9.17, 15) is 0 Å². The lowest BCUT2D eigenvalue weighted by atomic mass is 10.2. The van der Waals surface area contributed by atoms with Crippen LogP contribution in [0, 0.1) is 0 Å². The van der Waals surface area contributed by atoms with Crippen molar-refractivity contribution in [2.45, 2.75) is 19.9 Å². The minimum Gasteiger partial charge on any atom is -0.448 e. The maximum Gasteiger partial charge on any atom is 0.250 e. The predicted molar refractivity (Wildman–Crippen MR) is 73.9 cm³/mol. The number of fused-ring (bicyclic) bond motifs is 2. The number of para-hydroxylation sites is 3. The smallest absolute Gasteiger partial charge is 0.250 e. The van der Waals surface area contributed by atoms with Crippen molar-refractivity contribution in [3.63, 3.8) is 0 Å². The lowest BCUT2D eigenvalue weighted by molar-refractivity contribution is -0.691. The van der Waals surface area contributed by atoms with Gasteiger partial charge in [-0.15, -0.1) is 0 Å². The summed E-state index contributed by atoms with van der Waals surface area (Å²) in [6, 6.07) is 14.8. The van der Waals surface area contributed by atoms with Crippen LogP contribution in [0.15, 0.2) is 48.8 Å². The van der Waals surface area contributed by atoms with E-state index in [1.165, 1.54) is 5.52 Å². The fourth-order valence-corrected chi connectivity index (χ4v) is 2.74. The first-order valence-corrected chi connectivity index (χ1v) is 6.58. The first-order chi connectivity index (χ1) is 9.25. The van der Waals surface area contributed by atoms with Gasteiger partial charge in [0.15, 0.2) is 22.7 Å². The average Bonchev–Trinajstić information content (AvgIpc) is 2.81. The molecule has 94 valence electrons. The molecular weight excluding hydrogens is 236 g/mol. The molecule has 0 saturated heterocycles. The summed E-state index contributed by atoms with van der Waals surface area (Å²) < 4.78 is 10.5. The van der Waals surface area contributed by atoms with Gasteiger partial charge < -0.3 is 4.74 Å². The Morgan fingerprint density at radius 1 is 1.00 bits per heavy atom. The van der Waals surface area contributed by atoms with Gasteiger partial charge in [-0.2, -0.15) is 4.57 Å². The summed E-state index contributed by atoms with van der Waals surface area (Å²) in [7, 11) is 0. The predicted octanol–water partition coefficient (Wildman–Crippen LogP) is 3.60. The Bertz CT molecular complexity index is 787. The van der Waals surface area contributed by atoms with Crippen molar-refractivity contribution in [1.29, 1.82) is 0 Å². The molecule has 3 aromatic rings. The number of benzene rings is 2. The fraction of sp³-hybridized carbons (Fsp3) is 0.188. The van der Waals surface area contributed by atoms with Crippen LogP contribution in [0.2, 0.25) is 0 Å². The van der Waals surface area contributed by atoms with Gasteiger partial charge in [0.05, 0.1) is 6.04 Å². The third-order valence-electron chi connectivity index (χ3n) is 3.64. The monoisotopic (exact) mass is 251 g/mol. The maximum absolute atomic E-state index is 6.01. The molecule has 0 amide bonds. The summed E-state index contributed by atoms with van der Waals surface area (Å²) in [5.41, 5.74) is 3.46. The minimum absolute atomic E-state index is 0.421. The first-order valence-electron chi connectivity index (χ1n) is 6.58. The van der Waals surface area contributed by atoms with Gasteiger partial charge >= 0.3 is 0 Å². The van der Waals surface area contributed by atoms with E-state index in [4.69, 9.17) is 4.74 Å². The number of ether oxygens (including phenoxy) is 1. The standard InChI is InChI=1S/C16H15N2O/c1-11(2)17-10-18-12-6-3-4-8-14(12)19-15-9-5-7-13(17)16(15)18/h3-11H,1-2H3/q+1. The number of aromatic nitrogens is 2. The highest BCUT2D eigenvalue weighted by atomic mass is 16.5. The molecule has 4 rings (SSSR count). The highest BCUT2D eigenvalue weighted by molar-refractivity contribution is 5.84. The Labute approximate surface area is 111 Å². The molecule has 1 aliphatic heterocycles. The van der Waals surface area contributed by atoms with Gasteiger partial charge in [-0.05, 0) is 38.1 Å². The SMILES string of the molecule is CC(C)[n+]1cn2c3c(cccc31)Oc1ccccc1-2. The summed E-state index contributed by atoms with van der Waals surface area (Å²) in [4.78, 5) is 0. The van der Waals surface area contributed by atoms with Crippen LogP contribution >= 0.6 is 0 Å². The molecule has 0 atom stereocenters. The molecule has 0 saturated carbocycles. The zero-order valence-corrected chi connectivity index (χ0v) is 11.0. The van der Waals surface area contributed by atoms with E-state index in [0.29, 0.717) is 6.04 Å². The van der Waals surface area contributed by atoms with E-state index in [2.05, 4.69) is 47.5 Å². The Kier molecular flexibility index (Phi) is 2.01. The number of hydrogen-bond donors (Lipinski definition) is 0. The molecular formula is C16H15N2O+. The lowest BCUT2D eigenvalue weighted by Crippen LogP contribution is -2.34. The molecule has 1 aromatic heterocycles. The van der Waals surface area contributed by atoms with Gasteiger partial charge in [-0.3, -0.25) is 0 Å². The quantitative estimate of drug-likeness (QED) is 0.473. The molecule has 19 heavy (non-hydrogen) atoms. The molecule has 0 radical (unpaired) electrons. The highest BCUT2D eigenvalue weighted by Crippen LogP contribution is 2.39. The zero-order valence-electron chi connectivity index (χ0n) is 11.0. The first kappa shape index (κ1) is 10.6. The van der Waals surface area contributed by atoms with Crippen LogP contribution in [0.5, 0.6) is 11.5 Å². The van der Waals surface area contributed by atoms with Crippen LogP contribution in [-0.4, -0.2) is 4.57 Å². The molecule has 0 fully saturated rings. The molecule has 3 nitrogen and oxygen atoms in total.